The van der Waals surface area contributed by atoms with Gasteiger partial charge in [-0.2, -0.15) is 0 Å². The van der Waals surface area contributed by atoms with Crippen molar-refractivity contribution in [3.8, 4) is 0 Å². The molecule has 1 aromatic rings. The summed E-state index contributed by atoms with van der Waals surface area (Å²) in [6.07, 6.45) is 3.24. The van der Waals surface area contributed by atoms with Crippen molar-refractivity contribution in [3.05, 3.63) is 41.2 Å². The molecule has 7 heteroatoms. The first kappa shape index (κ1) is 16.4. The Hall–Kier alpha value is -2.70. The average molecular weight is 291 g/mol. The van der Waals surface area contributed by atoms with Gasteiger partial charge in [-0.1, -0.05) is 6.07 Å². The first-order chi connectivity index (χ1) is 9.82. The zero-order valence-corrected chi connectivity index (χ0v) is 12.1. The van der Waals surface area contributed by atoms with E-state index in [2.05, 4.69) is 10.3 Å². The van der Waals surface area contributed by atoms with Gasteiger partial charge in [-0.25, -0.2) is 9.59 Å². The van der Waals surface area contributed by atoms with Crippen LogP contribution in [0, 0.1) is 0 Å². The molecule has 1 heterocycles. The molecule has 0 aromatic carbocycles. The fourth-order valence-corrected chi connectivity index (χ4v) is 1.45. The van der Waals surface area contributed by atoms with E-state index >= 15 is 0 Å². The molecule has 0 unspecified atom stereocenters. The van der Waals surface area contributed by atoms with Crippen molar-refractivity contribution < 1.29 is 19.5 Å². The number of nitrogens with one attached hydrogen (secondary N) is 1. The van der Waals surface area contributed by atoms with E-state index in [9.17, 15) is 14.4 Å². The van der Waals surface area contributed by atoms with E-state index < -0.39 is 17.9 Å². The Morgan fingerprint density at radius 2 is 1.95 bits per heavy atom. The number of pyridine rings is 1. The third-order valence-corrected chi connectivity index (χ3v) is 2.93. The summed E-state index contributed by atoms with van der Waals surface area (Å²) in [5.41, 5.74) is 0.706. The van der Waals surface area contributed by atoms with Crippen LogP contribution in [0.5, 0.6) is 0 Å². The molecule has 3 amide bonds. The first-order valence-corrected chi connectivity index (χ1v) is 6.19. The summed E-state index contributed by atoms with van der Waals surface area (Å²) < 4.78 is 0. The highest BCUT2D eigenvalue weighted by molar-refractivity contribution is 6.07. The molecule has 0 aliphatic heterocycles. The molecular weight excluding hydrogens is 274 g/mol. The highest BCUT2D eigenvalue weighted by atomic mass is 16.4. The SMILES string of the molecule is CC(C(=O)O)=C(C)C(=O)NC(=O)N(C)Cc1cccnc1. The van der Waals surface area contributed by atoms with Gasteiger partial charge < -0.3 is 10.0 Å². The zero-order valence-electron chi connectivity index (χ0n) is 12.1. The van der Waals surface area contributed by atoms with Crippen LogP contribution in [0.1, 0.15) is 19.4 Å². The first-order valence-electron chi connectivity index (χ1n) is 6.19. The molecule has 0 radical (unpaired) electrons. The maximum atomic E-state index is 11.9. The number of hydrogen-bond donors (Lipinski definition) is 2. The molecule has 0 saturated heterocycles. The van der Waals surface area contributed by atoms with E-state index in [1.807, 2.05) is 0 Å². The largest absolute Gasteiger partial charge is 0.478 e. The lowest BCUT2D eigenvalue weighted by molar-refractivity contribution is -0.133. The van der Waals surface area contributed by atoms with Gasteiger partial charge in [-0.3, -0.25) is 15.1 Å². The highest BCUT2D eigenvalue weighted by Gasteiger charge is 2.17. The van der Waals surface area contributed by atoms with Crippen molar-refractivity contribution in [1.82, 2.24) is 15.2 Å². The molecule has 0 bridgehead atoms. The molecule has 21 heavy (non-hydrogen) atoms. The molecule has 0 saturated carbocycles. The Bertz CT molecular complexity index is 581. The van der Waals surface area contributed by atoms with E-state index in [4.69, 9.17) is 5.11 Å². The maximum Gasteiger partial charge on any atom is 0.331 e. The number of nitrogens with zero attached hydrogens (tertiary/aromatic N) is 2. The molecular formula is C14H17N3O4. The third kappa shape index (κ3) is 4.72. The number of rotatable bonds is 4. The van der Waals surface area contributed by atoms with E-state index in [-0.39, 0.29) is 17.7 Å². The summed E-state index contributed by atoms with van der Waals surface area (Å²) in [5.74, 6) is -1.92. The molecule has 0 atom stereocenters. The smallest absolute Gasteiger partial charge is 0.331 e. The fourth-order valence-electron chi connectivity index (χ4n) is 1.45. The van der Waals surface area contributed by atoms with Crippen LogP contribution >= 0.6 is 0 Å². The predicted octanol–water partition coefficient (Wildman–Crippen LogP) is 1.17. The van der Waals surface area contributed by atoms with Crippen LogP contribution in [0.4, 0.5) is 4.79 Å². The van der Waals surface area contributed by atoms with Gasteiger partial charge in [0.15, 0.2) is 0 Å². The Morgan fingerprint density at radius 1 is 1.29 bits per heavy atom. The van der Waals surface area contributed by atoms with Crippen molar-refractivity contribution in [1.29, 1.82) is 0 Å². The minimum atomic E-state index is -1.20. The Morgan fingerprint density at radius 3 is 2.48 bits per heavy atom. The van der Waals surface area contributed by atoms with Crippen molar-refractivity contribution >= 4 is 17.9 Å². The Kier molecular flexibility index (Phi) is 5.59. The van der Waals surface area contributed by atoms with Crippen LogP contribution in [0.3, 0.4) is 0 Å². The fraction of sp³-hybridized carbons (Fsp3) is 0.286. The summed E-state index contributed by atoms with van der Waals surface area (Å²) in [5, 5.41) is 10.9. The van der Waals surface area contributed by atoms with Gasteiger partial charge in [-0.05, 0) is 25.5 Å². The second-order valence-electron chi connectivity index (χ2n) is 4.53. The summed E-state index contributed by atoms with van der Waals surface area (Å²) >= 11 is 0. The van der Waals surface area contributed by atoms with Crippen LogP contribution in [0.2, 0.25) is 0 Å². The van der Waals surface area contributed by atoms with Crippen molar-refractivity contribution in [3.63, 3.8) is 0 Å². The van der Waals surface area contributed by atoms with E-state index in [1.54, 1.807) is 24.5 Å². The molecule has 112 valence electrons. The molecule has 0 spiro atoms. The van der Waals surface area contributed by atoms with Crippen LogP contribution < -0.4 is 5.32 Å². The number of imide groups is 1. The number of hydrogen-bond acceptors (Lipinski definition) is 4. The quantitative estimate of drug-likeness (QED) is 0.811. The lowest BCUT2D eigenvalue weighted by atomic mass is 10.1. The van der Waals surface area contributed by atoms with E-state index in [0.29, 0.717) is 0 Å². The highest BCUT2D eigenvalue weighted by Crippen LogP contribution is 2.05. The summed E-state index contributed by atoms with van der Waals surface area (Å²) in [6.45, 7) is 2.95. The number of carbonyl (C=O) groups is 3. The van der Waals surface area contributed by atoms with Crippen molar-refractivity contribution in [2.24, 2.45) is 0 Å². The Balaban J connectivity index is 2.66. The number of urea groups is 1. The number of amides is 3. The predicted molar refractivity (Wildman–Crippen MR) is 75.3 cm³/mol. The number of carboxylic acids is 1. The average Bonchev–Trinajstić information content (AvgIpc) is 2.46. The zero-order chi connectivity index (χ0) is 16.0. The summed E-state index contributed by atoms with van der Waals surface area (Å²) in [7, 11) is 1.53. The second kappa shape index (κ2) is 7.18. The van der Waals surface area contributed by atoms with Crippen LogP contribution in [0.15, 0.2) is 35.7 Å². The lowest BCUT2D eigenvalue weighted by Crippen LogP contribution is -2.41. The maximum absolute atomic E-state index is 11.9. The molecule has 0 fully saturated rings. The number of aliphatic carboxylic acids is 1. The molecule has 2 N–H and O–H groups in total. The second-order valence-corrected chi connectivity index (χ2v) is 4.53. The number of carboxylic acid groups (broad SMARTS) is 1. The van der Waals surface area contributed by atoms with Crippen LogP contribution in [-0.2, 0) is 16.1 Å². The van der Waals surface area contributed by atoms with Gasteiger partial charge in [0.1, 0.15) is 0 Å². The van der Waals surface area contributed by atoms with Gasteiger partial charge in [-0.15, -0.1) is 0 Å². The summed E-state index contributed by atoms with van der Waals surface area (Å²) in [6, 6.07) is 2.94. The molecule has 1 rings (SSSR count). The van der Waals surface area contributed by atoms with Gasteiger partial charge in [0.25, 0.3) is 5.91 Å². The minimum absolute atomic E-state index is 0.00868. The summed E-state index contributed by atoms with van der Waals surface area (Å²) in [4.78, 5) is 39.6. The van der Waals surface area contributed by atoms with Gasteiger partial charge in [0.2, 0.25) is 0 Å². The lowest BCUT2D eigenvalue weighted by Gasteiger charge is -2.17. The van der Waals surface area contributed by atoms with E-state index in [1.165, 1.54) is 25.8 Å². The van der Waals surface area contributed by atoms with Gasteiger partial charge in [0, 0.05) is 37.1 Å². The third-order valence-electron chi connectivity index (χ3n) is 2.93. The number of carbonyl (C=O) groups excluding carboxylic acids is 2. The van der Waals surface area contributed by atoms with Gasteiger partial charge >= 0.3 is 12.0 Å². The van der Waals surface area contributed by atoms with Crippen LogP contribution in [0.25, 0.3) is 0 Å². The minimum Gasteiger partial charge on any atom is -0.478 e. The van der Waals surface area contributed by atoms with E-state index in [0.717, 1.165) is 5.56 Å². The van der Waals surface area contributed by atoms with Crippen molar-refractivity contribution in [2.75, 3.05) is 7.05 Å². The molecule has 1 aromatic heterocycles. The normalized spacial score (nSPS) is 11.4. The molecule has 7 nitrogen and oxygen atoms in total. The topological polar surface area (TPSA) is 99.6 Å². The standard InChI is InChI=1S/C14H17N3O4/c1-9(10(2)13(19)20)12(18)16-14(21)17(3)8-11-5-4-6-15-7-11/h4-7H,8H2,1-3H3,(H,19,20)(H,16,18,21). The van der Waals surface area contributed by atoms with Crippen molar-refractivity contribution in [2.45, 2.75) is 20.4 Å². The number of aromatic nitrogens is 1. The monoisotopic (exact) mass is 291 g/mol. The van der Waals surface area contributed by atoms with Crippen LogP contribution in [-0.4, -0.2) is 39.9 Å². The molecule has 0 aliphatic rings. The van der Waals surface area contributed by atoms with Gasteiger partial charge in [0.05, 0.1) is 0 Å². The Labute approximate surface area is 122 Å². The molecule has 0 aliphatic carbocycles.